The van der Waals surface area contributed by atoms with Crippen molar-refractivity contribution in [1.82, 2.24) is 15.5 Å². The van der Waals surface area contributed by atoms with E-state index in [1.807, 2.05) is 36.1 Å². The van der Waals surface area contributed by atoms with Gasteiger partial charge < -0.3 is 20.2 Å². The van der Waals surface area contributed by atoms with Crippen LogP contribution in [0.3, 0.4) is 0 Å². The molecule has 3 atom stereocenters. The number of aryl methyl sites for hydroxylation is 1. The minimum atomic E-state index is -0.480. The van der Waals surface area contributed by atoms with Crippen molar-refractivity contribution in [2.75, 3.05) is 13.1 Å². The predicted molar refractivity (Wildman–Crippen MR) is 102 cm³/mol. The summed E-state index contributed by atoms with van der Waals surface area (Å²) in [6, 6.07) is 7.60. The van der Waals surface area contributed by atoms with Crippen LogP contribution < -0.4 is 10.6 Å². The average Bonchev–Trinajstić information content (AvgIpc) is 3.18. The van der Waals surface area contributed by atoms with E-state index in [0.29, 0.717) is 6.54 Å². The van der Waals surface area contributed by atoms with Gasteiger partial charge in [-0.25, -0.2) is 4.79 Å². The molecule has 1 aromatic heterocycles. The van der Waals surface area contributed by atoms with E-state index in [4.69, 9.17) is 4.42 Å². The van der Waals surface area contributed by atoms with Crippen LogP contribution in [0.1, 0.15) is 44.6 Å². The predicted octanol–water partition coefficient (Wildman–Crippen LogP) is 3.15. The highest BCUT2D eigenvalue weighted by molar-refractivity contribution is 5.82. The number of aliphatic hydroxyl groups is 1. The summed E-state index contributed by atoms with van der Waals surface area (Å²) in [6.07, 6.45) is 0.361. The second-order valence-corrected chi connectivity index (χ2v) is 7.54. The van der Waals surface area contributed by atoms with Gasteiger partial charge in [0.25, 0.3) is 0 Å². The van der Waals surface area contributed by atoms with E-state index in [2.05, 4.69) is 24.5 Å². The van der Waals surface area contributed by atoms with E-state index >= 15 is 0 Å². The Morgan fingerprint density at radius 2 is 2.04 bits per heavy atom. The van der Waals surface area contributed by atoms with Gasteiger partial charge in [0.05, 0.1) is 6.04 Å². The lowest BCUT2D eigenvalue weighted by molar-refractivity contribution is 0.0354. The van der Waals surface area contributed by atoms with Crippen molar-refractivity contribution in [2.45, 2.75) is 52.4 Å². The number of furan rings is 1. The Hall–Kier alpha value is -2.05. The molecule has 1 aliphatic heterocycles. The molecule has 1 aliphatic rings. The molecule has 2 heterocycles. The molecule has 3 N–H and O–H groups in total. The smallest absolute Gasteiger partial charge is 0.315 e. The van der Waals surface area contributed by atoms with Crippen LogP contribution in [-0.2, 0) is 0 Å². The lowest BCUT2D eigenvalue weighted by Gasteiger charge is -2.23. The monoisotopic (exact) mass is 359 g/mol. The lowest BCUT2D eigenvalue weighted by Crippen LogP contribution is -2.46. The molecule has 0 aliphatic carbocycles. The summed E-state index contributed by atoms with van der Waals surface area (Å²) >= 11 is 0. The van der Waals surface area contributed by atoms with Gasteiger partial charge in [0.1, 0.15) is 17.6 Å². The average molecular weight is 359 g/mol. The van der Waals surface area contributed by atoms with Crippen molar-refractivity contribution < 1.29 is 14.3 Å². The maximum Gasteiger partial charge on any atom is 0.315 e. The number of urea groups is 1. The standard InChI is InChI=1S/C20H29N3O3/c1-12(2)18(19-13(3)16-7-5-6-8-17(16)26-19)22-20(25)21-15-9-10-23(11-15)14(4)24/h5-8,12,14-15,18,24H,9-11H2,1-4H3,(H2,21,22,25). The number of aliphatic hydroxyl groups excluding tert-OH is 1. The third-order valence-corrected chi connectivity index (χ3v) is 5.20. The molecule has 1 aromatic carbocycles. The first kappa shape index (κ1) is 18.7. The molecule has 26 heavy (non-hydrogen) atoms. The molecule has 0 spiro atoms. The molecule has 2 amide bonds. The van der Waals surface area contributed by atoms with Gasteiger partial charge in [-0.05, 0) is 32.3 Å². The zero-order valence-electron chi connectivity index (χ0n) is 16.0. The number of hydrogen-bond acceptors (Lipinski definition) is 4. The van der Waals surface area contributed by atoms with Gasteiger partial charge in [-0.15, -0.1) is 0 Å². The van der Waals surface area contributed by atoms with Gasteiger partial charge in [0.2, 0.25) is 0 Å². The Bertz CT molecular complexity index is 769. The summed E-state index contributed by atoms with van der Waals surface area (Å²) in [7, 11) is 0. The van der Waals surface area contributed by atoms with Gasteiger partial charge in [0, 0.05) is 30.1 Å². The van der Waals surface area contributed by atoms with Crippen molar-refractivity contribution in [3.63, 3.8) is 0 Å². The van der Waals surface area contributed by atoms with Crippen molar-refractivity contribution >= 4 is 17.0 Å². The van der Waals surface area contributed by atoms with Crippen LogP contribution in [0.4, 0.5) is 4.79 Å². The topological polar surface area (TPSA) is 77.7 Å². The van der Waals surface area contributed by atoms with Crippen LogP contribution in [0.25, 0.3) is 11.0 Å². The summed E-state index contributed by atoms with van der Waals surface area (Å²) in [5.41, 5.74) is 1.91. The van der Waals surface area contributed by atoms with Crippen molar-refractivity contribution in [1.29, 1.82) is 0 Å². The molecule has 3 rings (SSSR count). The lowest BCUT2D eigenvalue weighted by atomic mass is 9.98. The van der Waals surface area contributed by atoms with E-state index in [-0.39, 0.29) is 24.0 Å². The van der Waals surface area contributed by atoms with E-state index in [1.165, 1.54) is 0 Å². The zero-order valence-corrected chi connectivity index (χ0v) is 16.0. The summed E-state index contributed by atoms with van der Waals surface area (Å²) < 4.78 is 6.06. The second-order valence-electron chi connectivity index (χ2n) is 7.54. The Kier molecular flexibility index (Phi) is 5.53. The third-order valence-electron chi connectivity index (χ3n) is 5.20. The Morgan fingerprint density at radius 1 is 1.31 bits per heavy atom. The van der Waals surface area contributed by atoms with Gasteiger partial charge in [-0.2, -0.15) is 0 Å². The van der Waals surface area contributed by atoms with E-state index in [9.17, 15) is 9.90 Å². The molecule has 0 bridgehead atoms. The summed E-state index contributed by atoms with van der Waals surface area (Å²) in [5, 5.41) is 16.8. The SMILES string of the molecule is Cc1c(C(NC(=O)NC2CCN(C(C)O)C2)C(C)C)oc2ccccc12. The molecule has 3 unspecified atom stereocenters. The van der Waals surface area contributed by atoms with Crippen LogP contribution in [0.5, 0.6) is 0 Å². The number of rotatable bonds is 5. The maximum absolute atomic E-state index is 12.5. The number of carbonyl (C=O) groups excluding carboxylic acids is 1. The molecule has 6 heteroatoms. The first-order chi connectivity index (χ1) is 12.4. The third kappa shape index (κ3) is 3.86. The number of carbonyl (C=O) groups is 1. The van der Waals surface area contributed by atoms with Crippen LogP contribution >= 0.6 is 0 Å². The highest BCUT2D eigenvalue weighted by Gasteiger charge is 2.29. The van der Waals surface area contributed by atoms with Crippen molar-refractivity contribution in [3.8, 4) is 0 Å². The fourth-order valence-electron chi connectivity index (χ4n) is 3.64. The minimum absolute atomic E-state index is 0.0502. The molecule has 1 saturated heterocycles. The number of hydrogen-bond donors (Lipinski definition) is 3. The fraction of sp³-hybridized carbons (Fsp3) is 0.550. The fourth-order valence-corrected chi connectivity index (χ4v) is 3.64. The summed E-state index contributed by atoms with van der Waals surface area (Å²) in [6.45, 7) is 9.39. The first-order valence-electron chi connectivity index (χ1n) is 9.34. The van der Waals surface area contributed by atoms with E-state index in [0.717, 1.165) is 35.3 Å². The normalized spacial score (nSPS) is 20.5. The Balaban J connectivity index is 1.70. The molecule has 1 fully saturated rings. The van der Waals surface area contributed by atoms with Crippen molar-refractivity contribution in [2.24, 2.45) is 5.92 Å². The Labute approximate surface area is 154 Å². The molecular formula is C20H29N3O3. The number of likely N-dealkylation sites (tertiary alicyclic amines) is 1. The maximum atomic E-state index is 12.5. The molecular weight excluding hydrogens is 330 g/mol. The molecule has 6 nitrogen and oxygen atoms in total. The zero-order chi connectivity index (χ0) is 18.8. The van der Waals surface area contributed by atoms with Gasteiger partial charge in [0.15, 0.2) is 0 Å². The van der Waals surface area contributed by atoms with Crippen LogP contribution in [0.15, 0.2) is 28.7 Å². The number of fused-ring (bicyclic) bond motifs is 1. The first-order valence-corrected chi connectivity index (χ1v) is 9.34. The second kappa shape index (κ2) is 7.68. The van der Waals surface area contributed by atoms with E-state index < -0.39 is 6.23 Å². The minimum Gasteiger partial charge on any atom is -0.459 e. The quantitative estimate of drug-likeness (QED) is 0.766. The number of nitrogens with zero attached hydrogens (tertiary/aromatic N) is 1. The molecule has 142 valence electrons. The highest BCUT2D eigenvalue weighted by atomic mass is 16.3. The Morgan fingerprint density at radius 3 is 2.65 bits per heavy atom. The van der Waals surface area contributed by atoms with E-state index in [1.54, 1.807) is 6.92 Å². The van der Waals surface area contributed by atoms with Crippen LogP contribution in [0.2, 0.25) is 0 Å². The molecule has 0 radical (unpaired) electrons. The van der Waals surface area contributed by atoms with Gasteiger partial charge in [-0.1, -0.05) is 32.0 Å². The van der Waals surface area contributed by atoms with Crippen LogP contribution in [0, 0.1) is 12.8 Å². The van der Waals surface area contributed by atoms with Crippen molar-refractivity contribution in [3.05, 3.63) is 35.6 Å². The number of para-hydroxylation sites is 1. The molecule has 2 aromatic rings. The van der Waals surface area contributed by atoms with Crippen LogP contribution in [-0.4, -0.2) is 41.4 Å². The number of nitrogens with one attached hydrogen (secondary N) is 2. The largest absolute Gasteiger partial charge is 0.459 e. The highest BCUT2D eigenvalue weighted by Crippen LogP contribution is 2.32. The summed E-state index contributed by atoms with van der Waals surface area (Å²) in [5.74, 6) is 1.01. The van der Waals surface area contributed by atoms with Gasteiger partial charge in [-0.3, -0.25) is 4.90 Å². The molecule has 0 saturated carbocycles. The summed E-state index contributed by atoms with van der Waals surface area (Å²) in [4.78, 5) is 14.5. The van der Waals surface area contributed by atoms with Gasteiger partial charge >= 0.3 is 6.03 Å². The number of benzene rings is 1. The number of amides is 2.